The topological polar surface area (TPSA) is 61.0 Å². The highest BCUT2D eigenvalue weighted by Crippen LogP contribution is 2.15. The molecule has 66 valence electrons. The Morgan fingerprint density at radius 3 is 2.92 bits per heavy atom. The molecule has 0 radical (unpaired) electrons. The van der Waals surface area contributed by atoms with Gasteiger partial charge in [0, 0.05) is 0 Å². The van der Waals surface area contributed by atoms with Crippen LogP contribution in [0.1, 0.15) is 12.7 Å². The SMILES string of the molecule is CCn1c([N+](=O)[O-])cnc1CI. The first kappa shape index (κ1) is 9.43. The maximum atomic E-state index is 10.5. The fourth-order valence-corrected chi connectivity index (χ4v) is 1.61. The Balaban J connectivity index is 3.13. The van der Waals surface area contributed by atoms with Gasteiger partial charge in [-0.1, -0.05) is 22.6 Å². The normalized spacial score (nSPS) is 10.2. The van der Waals surface area contributed by atoms with E-state index in [2.05, 4.69) is 27.6 Å². The van der Waals surface area contributed by atoms with Gasteiger partial charge in [-0.25, -0.2) is 9.55 Å². The summed E-state index contributed by atoms with van der Waals surface area (Å²) >= 11 is 2.13. The van der Waals surface area contributed by atoms with E-state index in [1.807, 2.05) is 6.92 Å². The van der Waals surface area contributed by atoms with Crippen LogP contribution in [-0.2, 0) is 11.0 Å². The minimum Gasteiger partial charge on any atom is -0.358 e. The largest absolute Gasteiger partial charge is 0.358 e. The molecule has 0 amide bonds. The average Bonchev–Trinajstić information content (AvgIpc) is 2.46. The first-order valence-electron chi connectivity index (χ1n) is 3.45. The van der Waals surface area contributed by atoms with E-state index in [4.69, 9.17) is 0 Å². The van der Waals surface area contributed by atoms with Crippen LogP contribution in [0.15, 0.2) is 6.20 Å². The summed E-state index contributed by atoms with van der Waals surface area (Å²) < 4.78 is 2.30. The van der Waals surface area contributed by atoms with E-state index < -0.39 is 4.92 Å². The molecule has 1 rings (SSSR count). The highest BCUT2D eigenvalue weighted by molar-refractivity contribution is 14.1. The Morgan fingerprint density at radius 2 is 2.50 bits per heavy atom. The van der Waals surface area contributed by atoms with Crippen LogP contribution in [0.3, 0.4) is 0 Å². The summed E-state index contributed by atoms with van der Waals surface area (Å²) in [7, 11) is 0. The zero-order valence-corrected chi connectivity index (χ0v) is 8.69. The van der Waals surface area contributed by atoms with Crippen molar-refractivity contribution in [3.05, 3.63) is 22.1 Å². The fraction of sp³-hybridized carbons (Fsp3) is 0.500. The van der Waals surface area contributed by atoms with Gasteiger partial charge in [0.15, 0.2) is 0 Å². The third kappa shape index (κ3) is 1.57. The molecule has 0 saturated heterocycles. The smallest absolute Gasteiger partial charge is 0.342 e. The van der Waals surface area contributed by atoms with E-state index in [-0.39, 0.29) is 5.82 Å². The summed E-state index contributed by atoms with van der Waals surface area (Å²) in [4.78, 5) is 14.0. The van der Waals surface area contributed by atoms with Crippen molar-refractivity contribution in [3.8, 4) is 0 Å². The first-order chi connectivity index (χ1) is 5.70. The Labute approximate surface area is 83.1 Å². The second kappa shape index (κ2) is 3.83. The number of aromatic nitrogens is 2. The van der Waals surface area contributed by atoms with Crippen LogP contribution in [0.25, 0.3) is 0 Å². The number of hydrogen-bond acceptors (Lipinski definition) is 3. The molecule has 0 aromatic carbocycles. The van der Waals surface area contributed by atoms with Crippen LogP contribution < -0.4 is 0 Å². The highest BCUT2D eigenvalue weighted by Gasteiger charge is 2.16. The van der Waals surface area contributed by atoms with Gasteiger partial charge >= 0.3 is 5.82 Å². The van der Waals surface area contributed by atoms with Gasteiger partial charge in [0.05, 0.1) is 11.0 Å². The summed E-state index contributed by atoms with van der Waals surface area (Å²) in [5.41, 5.74) is 0. The van der Waals surface area contributed by atoms with Gasteiger partial charge in [0.2, 0.25) is 5.82 Å². The Hall–Kier alpha value is -0.660. The zero-order chi connectivity index (χ0) is 9.14. The van der Waals surface area contributed by atoms with Crippen molar-refractivity contribution in [1.29, 1.82) is 0 Å². The Morgan fingerprint density at radius 1 is 1.83 bits per heavy atom. The maximum absolute atomic E-state index is 10.5. The molecular weight excluding hydrogens is 273 g/mol. The van der Waals surface area contributed by atoms with Gasteiger partial charge in [-0.15, -0.1) is 0 Å². The third-order valence-electron chi connectivity index (χ3n) is 1.54. The lowest BCUT2D eigenvalue weighted by Gasteiger charge is -1.98. The summed E-state index contributed by atoms with van der Waals surface area (Å²) in [6, 6.07) is 0. The van der Waals surface area contributed by atoms with Crippen LogP contribution in [0, 0.1) is 10.1 Å². The molecule has 0 atom stereocenters. The molecule has 0 aliphatic rings. The van der Waals surface area contributed by atoms with Gasteiger partial charge in [0.25, 0.3) is 0 Å². The van der Waals surface area contributed by atoms with Crippen molar-refractivity contribution < 1.29 is 4.92 Å². The Bertz CT molecular complexity index is 297. The molecule has 0 aliphatic heterocycles. The Kier molecular flexibility index (Phi) is 3.01. The second-order valence-corrected chi connectivity index (χ2v) is 2.93. The van der Waals surface area contributed by atoms with Crippen molar-refractivity contribution in [1.82, 2.24) is 9.55 Å². The molecule has 0 N–H and O–H groups in total. The lowest BCUT2D eigenvalue weighted by molar-refractivity contribution is -0.392. The molecule has 6 heteroatoms. The van der Waals surface area contributed by atoms with Gasteiger partial charge in [-0.2, -0.15) is 0 Å². The quantitative estimate of drug-likeness (QED) is 0.367. The molecule has 0 aliphatic carbocycles. The highest BCUT2D eigenvalue weighted by atomic mass is 127. The standard InChI is InChI=1S/C6H8IN3O2/c1-2-9-5(3-7)8-4-6(9)10(11)12/h4H,2-3H2,1H3. The molecular formula is C6H8IN3O2. The van der Waals surface area contributed by atoms with E-state index in [0.29, 0.717) is 11.0 Å². The minimum atomic E-state index is -0.410. The van der Waals surface area contributed by atoms with Crippen LogP contribution in [-0.4, -0.2) is 14.5 Å². The van der Waals surface area contributed by atoms with Crippen molar-refractivity contribution in [3.63, 3.8) is 0 Å². The second-order valence-electron chi connectivity index (χ2n) is 2.17. The van der Waals surface area contributed by atoms with Crippen molar-refractivity contribution in [2.45, 2.75) is 17.9 Å². The maximum Gasteiger partial charge on any atom is 0.342 e. The average molecular weight is 281 g/mol. The predicted molar refractivity (Wildman–Crippen MR) is 52.3 cm³/mol. The van der Waals surface area contributed by atoms with Crippen LogP contribution in [0.5, 0.6) is 0 Å². The van der Waals surface area contributed by atoms with E-state index in [0.717, 1.165) is 5.82 Å². The number of rotatable bonds is 3. The number of nitro groups is 1. The van der Waals surface area contributed by atoms with E-state index >= 15 is 0 Å². The molecule has 1 aromatic rings. The number of imidazole rings is 1. The summed E-state index contributed by atoms with van der Waals surface area (Å²) in [6.45, 7) is 2.46. The van der Waals surface area contributed by atoms with Crippen LogP contribution in [0.4, 0.5) is 5.82 Å². The van der Waals surface area contributed by atoms with E-state index in [9.17, 15) is 10.1 Å². The number of hydrogen-bond donors (Lipinski definition) is 0. The number of alkyl halides is 1. The van der Waals surface area contributed by atoms with Gasteiger partial charge in [-0.05, 0) is 11.8 Å². The van der Waals surface area contributed by atoms with Gasteiger partial charge in [0.1, 0.15) is 6.20 Å². The molecule has 0 fully saturated rings. The van der Waals surface area contributed by atoms with E-state index in [1.165, 1.54) is 6.20 Å². The minimum absolute atomic E-state index is 0.0733. The van der Waals surface area contributed by atoms with Gasteiger partial charge in [-0.3, -0.25) is 0 Å². The van der Waals surface area contributed by atoms with Crippen molar-refractivity contribution in [2.75, 3.05) is 0 Å². The van der Waals surface area contributed by atoms with Crippen molar-refractivity contribution in [2.24, 2.45) is 0 Å². The lowest BCUT2D eigenvalue weighted by atomic mass is 10.6. The molecule has 12 heavy (non-hydrogen) atoms. The van der Waals surface area contributed by atoms with Crippen LogP contribution in [0.2, 0.25) is 0 Å². The summed E-state index contributed by atoms with van der Waals surface area (Å²) in [5.74, 6) is 0.828. The first-order valence-corrected chi connectivity index (χ1v) is 4.98. The molecule has 1 aromatic heterocycles. The van der Waals surface area contributed by atoms with E-state index in [1.54, 1.807) is 4.57 Å². The molecule has 0 saturated carbocycles. The molecule has 5 nitrogen and oxygen atoms in total. The zero-order valence-electron chi connectivity index (χ0n) is 6.53. The van der Waals surface area contributed by atoms with Crippen LogP contribution >= 0.6 is 22.6 Å². The third-order valence-corrected chi connectivity index (χ3v) is 2.22. The van der Waals surface area contributed by atoms with Crippen molar-refractivity contribution >= 4 is 28.4 Å². The summed E-state index contributed by atoms with van der Waals surface area (Å²) in [5, 5.41) is 10.5. The number of halogens is 1. The molecule has 1 heterocycles. The lowest BCUT2D eigenvalue weighted by Crippen LogP contribution is -2.03. The monoisotopic (exact) mass is 281 g/mol. The number of nitrogens with zero attached hydrogens (tertiary/aromatic N) is 3. The molecule has 0 unspecified atom stereocenters. The molecule has 0 bridgehead atoms. The van der Waals surface area contributed by atoms with Gasteiger partial charge < -0.3 is 10.1 Å². The summed E-state index contributed by atoms with van der Waals surface area (Å²) in [6.07, 6.45) is 1.30. The fourth-order valence-electron chi connectivity index (χ4n) is 1.00. The predicted octanol–water partition coefficient (Wildman–Crippen LogP) is 1.75. The molecule has 0 spiro atoms.